The molecule has 0 bridgehead atoms. The molecule has 0 aliphatic heterocycles. The molecule has 3 heteroatoms. The maximum atomic E-state index is 2.50. The van der Waals surface area contributed by atoms with Gasteiger partial charge in [0.1, 0.15) is 0 Å². The second-order valence-electron chi connectivity index (χ2n) is 38.7. The minimum absolute atomic E-state index is 1.18. The Kier molecular flexibility index (Phi) is 19.2. The van der Waals surface area contributed by atoms with Crippen LogP contribution in [0.25, 0.3) is 313 Å². The highest BCUT2D eigenvalue weighted by molar-refractivity contribution is 7.26. The van der Waals surface area contributed by atoms with Crippen LogP contribution in [0.3, 0.4) is 0 Å². The molecule has 3 aromatic heterocycles. The molecule has 0 fully saturated rings. The Balaban J connectivity index is 0.479. The van der Waals surface area contributed by atoms with E-state index >= 15 is 0 Å². The van der Waals surface area contributed by atoms with Gasteiger partial charge >= 0.3 is 0 Å². The Morgan fingerprint density at radius 3 is 0.924 bits per heavy atom. The van der Waals surface area contributed by atoms with Crippen molar-refractivity contribution in [3.8, 4) is 145 Å². The van der Waals surface area contributed by atoms with Gasteiger partial charge < -0.3 is 0 Å². The van der Waals surface area contributed by atoms with Gasteiger partial charge in [-0.1, -0.05) is 461 Å². The normalized spacial score (nSPS) is 12.0. The molecule has 0 spiro atoms. The van der Waals surface area contributed by atoms with Crippen LogP contribution in [0.4, 0.5) is 0 Å². The van der Waals surface area contributed by atoms with Crippen molar-refractivity contribution in [2.75, 3.05) is 0 Å². The van der Waals surface area contributed by atoms with E-state index in [1.54, 1.807) is 0 Å². The van der Waals surface area contributed by atoms with Gasteiger partial charge in [-0.05, 0) is 301 Å². The lowest BCUT2D eigenvalue weighted by Crippen LogP contribution is -1.93. The highest BCUT2D eigenvalue weighted by Gasteiger charge is 2.28. The van der Waals surface area contributed by atoms with Gasteiger partial charge in [0.2, 0.25) is 0 Å². The van der Waals surface area contributed by atoms with Crippen LogP contribution in [0.5, 0.6) is 0 Å². The van der Waals surface area contributed by atoms with Crippen molar-refractivity contribution in [3.63, 3.8) is 0 Å². The van der Waals surface area contributed by atoms with E-state index in [0.29, 0.717) is 0 Å². The molecule has 30 aromatic rings. The van der Waals surface area contributed by atoms with E-state index in [-0.39, 0.29) is 0 Å². The topological polar surface area (TPSA) is 0 Å². The first kappa shape index (κ1) is 83.0. The molecular weight excluding hydrogens is 1800 g/mol. The van der Waals surface area contributed by atoms with Crippen LogP contribution in [0.1, 0.15) is 0 Å². The third-order valence-electron chi connectivity index (χ3n) is 31.1. The number of fused-ring (bicyclic) bond motifs is 19. The second kappa shape index (κ2) is 33.4. The molecular formula is C142H84S3. The van der Waals surface area contributed by atoms with Crippen LogP contribution < -0.4 is 0 Å². The number of rotatable bonds is 13. The lowest BCUT2D eigenvalue weighted by atomic mass is 9.83. The highest BCUT2D eigenvalue weighted by Crippen LogP contribution is 2.56. The van der Waals surface area contributed by atoms with E-state index in [2.05, 4.69) is 510 Å². The summed E-state index contributed by atoms with van der Waals surface area (Å²) in [6, 6.07) is 193. The molecule has 0 aliphatic carbocycles. The lowest BCUT2D eigenvalue weighted by Gasteiger charge is -2.20. The molecule has 0 nitrogen and oxygen atoms in total. The van der Waals surface area contributed by atoms with Gasteiger partial charge in [0, 0.05) is 60.5 Å². The van der Waals surface area contributed by atoms with E-state index < -0.39 is 0 Å². The fourth-order valence-electron chi connectivity index (χ4n) is 24.7. The summed E-state index contributed by atoms with van der Waals surface area (Å²) in [5, 5.41) is 32.5. The Labute approximate surface area is 849 Å². The molecule has 0 radical (unpaired) electrons. The Bertz CT molecular complexity index is 10500. The van der Waals surface area contributed by atoms with E-state index in [0.717, 1.165) is 0 Å². The van der Waals surface area contributed by atoms with Crippen molar-refractivity contribution >= 4 is 202 Å². The summed E-state index contributed by atoms with van der Waals surface area (Å²) < 4.78 is 7.70. The summed E-state index contributed by atoms with van der Waals surface area (Å²) in [5.41, 5.74) is 31.8. The van der Waals surface area contributed by atoms with E-state index in [1.807, 2.05) is 34.0 Å². The van der Waals surface area contributed by atoms with Crippen LogP contribution in [0.2, 0.25) is 0 Å². The monoisotopic (exact) mass is 1880 g/mol. The van der Waals surface area contributed by atoms with Gasteiger partial charge in [0.25, 0.3) is 0 Å². The standard InChI is InChI=1S/C142H84S3/c1-2-29-88(30-3-1)101-53-28-60-129-140(101)142-125(90-65-71-93(72-66-90)135-111-39-10-16-45-117(111)136(118-46-17-11-40-112(118)135)108-56-24-33-86-31-4-6-35-97(86)108)82-96(84-132(142)145-129)99-52-26-55-106-104(99)54-27-58-110(106)137-119-47-18-12-41-113(119)133(114-42-13-19-48-120(114)137)91-67-61-85(62-68-91)94-74-79-128-126(81-94)107-75-73-95(83-131(107)144-128)100-76-77-123(105-38-9-8-37-103(100)105)138-121-49-20-14-43-115(121)134(116-44-15-21-50-122(116)138)92-69-63-89(64-70-92)102-78-80-130-141(124-51-22-23-59-127(124)143-130)139(102)109-57-25-34-87-32-5-7-36-98(87)109/h1-84H. The van der Waals surface area contributed by atoms with Crippen LogP contribution in [-0.4, -0.2) is 0 Å². The SMILES string of the molecule is c1ccc(-c2cccc3sc4cc(-c5cccc6c(-c7c8ccccc8c(-c8ccc(-c9ccc%10sc%11cc(-c%12ccc(-c%13c%14ccccc%14c(-c%14ccc(-c%15ccc%16sc%17ccccc%17c%16c%15-c%15cccc%16ccccc%15%16)cc%14)c%14ccccc%13%14)c%13ccccc%12%13)ccc%11c%10c9)cc8)c8ccccc78)cccc56)cc(-c5ccc(-c6c7ccccc7c(-c7cccc8ccccc78)c7ccccc67)cc5)c4c23)cc1. The number of hydrogen-bond donors (Lipinski definition) is 0. The minimum atomic E-state index is 1.18. The van der Waals surface area contributed by atoms with Crippen molar-refractivity contribution in [1.29, 1.82) is 0 Å². The predicted octanol–water partition coefficient (Wildman–Crippen LogP) is 42.0. The molecule has 0 saturated heterocycles. The van der Waals surface area contributed by atoms with Crippen molar-refractivity contribution in [2.45, 2.75) is 0 Å². The second-order valence-corrected chi connectivity index (χ2v) is 42.0. The smallest absolute Gasteiger partial charge is 0.0368 e. The number of benzene rings is 27. The van der Waals surface area contributed by atoms with E-state index in [4.69, 9.17) is 0 Å². The first-order chi connectivity index (χ1) is 71.9. The summed E-state index contributed by atoms with van der Waals surface area (Å²) in [7, 11) is 0. The zero-order valence-corrected chi connectivity index (χ0v) is 81.2. The van der Waals surface area contributed by atoms with E-state index in [9.17, 15) is 0 Å². The minimum Gasteiger partial charge on any atom is -0.135 e. The molecule has 0 atom stereocenters. The molecule has 145 heavy (non-hydrogen) atoms. The summed E-state index contributed by atoms with van der Waals surface area (Å²) >= 11 is 5.66. The fourth-order valence-corrected chi connectivity index (χ4v) is 28.2. The van der Waals surface area contributed by atoms with E-state index in [1.165, 1.54) is 313 Å². The third-order valence-corrected chi connectivity index (χ3v) is 34.5. The van der Waals surface area contributed by atoms with Crippen LogP contribution in [0.15, 0.2) is 510 Å². The first-order valence-electron chi connectivity index (χ1n) is 50.0. The molecule has 0 aliphatic rings. The quantitative estimate of drug-likeness (QED) is 0.101. The zero-order chi connectivity index (χ0) is 95.0. The Hall–Kier alpha value is -17.8. The summed E-state index contributed by atoms with van der Waals surface area (Å²) in [5.74, 6) is 0. The zero-order valence-electron chi connectivity index (χ0n) is 78.7. The van der Waals surface area contributed by atoms with Gasteiger partial charge in [-0.15, -0.1) is 34.0 Å². The average molecular weight is 1890 g/mol. The van der Waals surface area contributed by atoms with Gasteiger partial charge in [0.05, 0.1) is 0 Å². The van der Waals surface area contributed by atoms with Crippen molar-refractivity contribution in [3.05, 3.63) is 510 Å². The lowest BCUT2D eigenvalue weighted by molar-refractivity contribution is 1.62. The van der Waals surface area contributed by atoms with Crippen LogP contribution in [0, 0.1) is 0 Å². The molecule has 27 aromatic carbocycles. The van der Waals surface area contributed by atoms with Gasteiger partial charge in [-0.25, -0.2) is 0 Å². The molecule has 30 rings (SSSR count). The molecule has 0 amide bonds. The molecule has 0 N–H and O–H groups in total. The van der Waals surface area contributed by atoms with Crippen molar-refractivity contribution in [1.82, 2.24) is 0 Å². The number of thiophene rings is 3. The average Bonchev–Trinajstić information content (AvgIpc) is 1.70. The maximum absolute atomic E-state index is 2.50. The maximum Gasteiger partial charge on any atom is 0.0368 e. The van der Waals surface area contributed by atoms with Gasteiger partial charge in [-0.3, -0.25) is 0 Å². The first-order valence-corrected chi connectivity index (χ1v) is 52.5. The highest BCUT2D eigenvalue weighted by atomic mass is 32.1. The molecule has 670 valence electrons. The Morgan fingerprint density at radius 2 is 0.393 bits per heavy atom. The Morgan fingerprint density at radius 1 is 0.0966 bits per heavy atom. The molecule has 0 saturated carbocycles. The third kappa shape index (κ3) is 13.2. The molecule has 0 unspecified atom stereocenters. The number of hydrogen-bond acceptors (Lipinski definition) is 3. The summed E-state index contributed by atoms with van der Waals surface area (Å²) in [6.07, 6.45) is 0. The van der Waals surface area contributed by atoms with Crippen molar-refractivity contribution in [2.24, 2.45) is 0 Å². The fraction of sp³-hybridized carbons (Fsp3) is 0. The summed E-state index contributed by atoms with van der Waals surface area (Å²) in [6.45, 7) is 0. The van der Waals surface area contributed by atoms with Crippen molar-refractivity contribution < 1.29 is 0 Å². The molecule has 3 heterocycles. The predicted molar refractivity (Wildman–Crippen MR) is 631 cm³/mol. The largest absolute Gasteiger partial charge is 0.135 e. The summed E-state index contributed by atoms with van der Waals surface area (Å²) in [4.78, 5) is 0. The van der Waals surface area contributed by atoms with Gasteiger partial charge in [-0.2, -0.15) is 0 Å². The van der Waals surface area contributed by atoms with Gasteiger partial charge in [0.15, 0.2) is 0 Å². The van der Waals surface area contributed by atoms with Crippen LogP contribution >= 0.6 is 34.0 Å². The van der Waals surface area contributed by atoms with Crippen LogP contribution in [-0.2, 0) is 0 Å².